The highest BCUT2D eigenvalue weighted by Gasteiger charge is 2.28. The number of rotatable bonds is 9. The number of ether oxygens (including phenoxy) is 2. The largest absolute Gasteiger partial charge is 0.488 e. The number of para-hydroxylation sites is 1. The lowest BCUT2D eigenvalue weighted by Gasteiger charge is -2.11. The minimum absolute atomic E-state index is 0.0659. The van der Waals surface area contributed by atoms with Gasteiger partial charge in [-0.25, -0.2) is 4.98 Å². The summed E-state index contributed by atoms with van der Waals surface area (Å²) in [5, 5.41) is 2.69. The zero-order valence-corrected chi connectivity index (χ0v) is 17.3. The Morgan fingerprint density at radius 1 is 0.970 bits per heavy atom. The fourth-order valence-corrected chi connectivity index (χ4v) is 2.84. The van der Waals surface area contributed by atoms with Crippen LogP contribution in [0.15, 0.2) is 66.9 Å². The van der Waals surface area contributed by atoms with Crippen molar-refractivity contribution in [3.05, 3.63) is 89.1 Å². The summed E-state index contributed by atoms with van der Waals surface area (Å²) in [6.45, 7) is -1.28. The van der Waals surface area contributed by atoms with Gasteiger partial charge in [0.15, 0.2) is 6.61 Å². The molecule has 3 aromatic rings. The molecule has 172 valence electrons. The third-order valence-corrected chi connectivity index (χ3v) is 4.37. The lowest BCUT2D eigenvalue weighted by molar-refractivity contribution is -0.154. The average molecular weight is 459 g/mol. The van der Waals surface area contributed by atoms with Gasteiger partial charge in [0.2, 0.25) is 5.88 Å². The van der Waals surface area contributed by atoms with Crippen molar-refractivity contribution in [3.63, 3.8) is 0 Å². The Kier molecular flexibility index (Phi) is 7.50. The molecule has 0 bridgehead atoms. The number of halogens is 3. The van der Waals surface area contributed by atoms with Crippen molar-refractivity contribution in [2.45, 2.75) is 19.3 Å². The van der Waals surface area contributed by atoms with E-state index >= 15 is 0 Å². The van der Waals surface area contributed by atoms with Crippen molar-refractivity contribution >= 4 is 11.8 Å². The average Bonchev–Trinajstić information content (AvgIpc) is 2.80. The van der Waals surface area contributed by atoms with Crippen LogP contribution in [-0.4, -0.2) is 29.6 Å². The van der Waals surface area contributed by atoms with Crippen LogP contribution in [0, 0.1) is 0 Å². The van der Waals surface area contributed by atoms with Gasteiger partial charge < -0.3 is 20.5 Å². The Labute approximate surface area is 187 Å². The summed E-state index contributed by atoms with van der Waals surface area (Å²) in [6, 6.07) is 16.1. The maximum atomic E-state index is 12.5. The molecular formula is C23H20F3N3O4. The summed E-state index contributed by atoms with van der Waals surface area (Å²) < 4.78 is 47.1. The molecule has 0 spiro atoms. The molecule has 3 rings (SSSR count). The lowest BCUT2D eigenvalue weighted by Crippen LogP contribution is -2.23. The molecule has 2 aromatic carbocycles. The van der Waals surface area contributed by atoms with Gasteiger partial charge in [0.25, 0.3) is 11.8 Å². The van der Waals surface area contributed by atoms with E-state index in [1.807, 2.05) is 0 Å². The molecule has 3 N–H and O–H groups in total. The fourth-order valence-electron chi connectivity index (χ4n) is 2.84. The van der Waals surface area contributed by atoms with Crippen LogP contribution in [0.4, 0.5) is 13.2 Å². The van der Waals surface area contributed by atoms with Crippen LogP contribution in [0.25, 0.3) is 0 Å². The standard InChI is InChI=1S/C23H20F3N3O4/c24-23(25,26)14-33-20-11-15(8-9-28-20)12-29-22(31)17-5-3-4-16(10-17)13-32-19-7-2-1-6-18(19)21(27)30/h1-11H,12-14H2,(H2,27,30)(H,29,31). The highest BCUT2D eigenvalue weighted by molar-refractivity contribution is 5.95. The van der Waals surface area contributed by atoms with E-state index in [1.165, 1.54) is 12.3 Å². The van der Waals surface area contributed by atoms with Crippen molar-refractivity contribution < 1.29 is 32.2 Å². The Balaban J connectivity index is 1.58. The number of hydrogen-bond donors (Lipinski definition) is 2. The second-order valence-electron chi connectivity index (χ2n) is 6.94. The number of hydrogen-bond acceptors (Lipinski definition) is 5. The number of carbonyl (C=O) groups excluding carboxylic acids is 2. The molecule has 0 unspecified atom stereocenters. The molecule has 10 heteroatoms. The molecule has 0 aliphatic rings. The molecule has 1 aromatic heterocycles. The number of nitrogens with two attached hydrogens (primary N) is 1. The minimum atomic E-state index is -4.47. The Hall–Kier alpha value is -4.08. The smallest absolute Gasteiger partial charge is 0.422 e. The van der Waals surface area contributed by atoms with E-state index in [0.717, 1.165) is 0 Å². The van der Waals surface area contributed by atoms with Gasteiger partial charge >= 0.3 is 6.18 Å². The summed E-state index contributed by atoms with van der Waals surface area (Å²) in [5.41, 5.74) is 7.17. The van der Waals surface area contributed by atoms with Crippen molar-refractivity contribution in [3.8, 4) is 11.6 Å². The van der Waals surface area contributed by atoms with Gasteiger partial charge in [-0.05, 0) is 41.5 Å². The Morgan fingerprint density at radius 3 is 2.52 bits per heavy atom. The second kappa shape index (κ2) is 10.5. The first-order valence-corrected chi connectivity index (χ1v) is 9.74. The number of nitrogens with one attached hydrogen (secondary N) is 1. The van der Waals surface area contributed by atoms with Crippen LogP contribution in [-0.2, 0) is 13.2 Å². The summed E-state index contributed by atoms with van der Waals surface area (Å²) in [6.07, 6.45) is -3.17. The zero-order chi connectivity index (χ0) is 23.8. The number of alkyl halides is 3. The van der Waals surface area contributed by atoms with Crippen molar-refractivity contribution in [1.82, 2.24) is 10.3 Å². The first-order valence-electron chi connectivity index (χ1n) is 9.74. The third kappa shape index (κ3) is 7.23. The van der Waals surface area contributed by atoms with E-state index in [0.29, 0.717) is 22.4 Å². The molecule has 0 saturated heterocycles. The topological polar surface area (TPSA) is 104 Å². The molecule has 2 amide bonds. The van der Waals surface area contributed by atoms with Crippen molar-refractivity contribution in [2.75, 3.05) is 6.61 Å². The van der Waals surface area contributed by atoms with Gasteiger partial charge in [-0.15, -0.1) is 0 Å². The number of benzene rings is 2. The SMILES string of the molecule is NC(=O)c1ccccc1OCc1cccc(C(=O)NCc2ccnc(OCC(F)(F)F)c2)c1. The second-order valence-corrected chi connectivity index (χ2v) is 6.94. The Morgan fingerprint density at radius 2 is 1.76 bits per heavy atom. The van der Waals surface area contributed by atoms with Gasteiger partial charge in [-0.1, -0.05) is 24.3 Å². The first-order chi connectivity index (χ1) is 15.7. The predicted molar refractivity (Wildman–Crippen MR) is 113 cm³/mol. The third-order valence-electron chi connectivity index (χ3n) is 4.37. The normalized spacial score (nSPS) is 11.0. The molecule has 0 aliphatic heterocycles. The summed E-state index contributed by atoms with van der Waals surface area (Å²) >= 11 is 0. The van der Waals surface area contributed by atoms with Crippen LogP contribution in [0.5, 0.6) is 11.6 Å². The molecular weight excluding hydrogens is 439 g/mol. The molecule has 1 heterocycles. The predicted octanol–water partition coefficient (Wildman–Crippen LogP) is 3.63. The van der Waals surface area contributed by atoms with E-state index in [4.69, 9.17) is 10.5 Å². The van der Waals surface area contributed by atoms with E-state index in [2.05, 4.69) is 15.0 Å². The highest BCUT2D eigenvalue weighted by atomic mass is 19.4. The number of carbonyl (C=O) groups is 2. The zero-order valence-electron chi connectivity index (χ0n) is 17.3. The molecule has 0 fully saturated rings. The number of pyridine rings is 1. The maximum Gasteiger partial charge on any atom is 0.422 e. The van der Waals surface area contributed by atoms with Crippen LogP contribution in [0.3, 0.4) is 0 Å². The van der Waals surface area contributed by atoms with Gasteiger partial charge in [0, 0.05) is 24.4 Å². The fraction of sp³-hybridized carbons (Fsp3) is 0.174. The van der Waals surface area contributed by atoms with Crippen LogP contribution < -0.4 is 20.5 Å². The van der Waals surface area contributed by atoms with Crippen LogP contribution in [0.1, 0.15) is 31.8 Å². The van der Waals surface area contributed by atoms with Crippen LogP contribution in [0.2, 0.25) is 0 Å². The number of amides is 2. The quantitative estimate of drug-likeness (QED) is 0.509. The number of nitrogens with zero attached hydrogens (tertiary/aromatic N) is 1. The lowest BCUT2D eigenvalue weighted by atomic mass is 10.1. The van der Waals surface area contributed by atoms with Gasteiger partial charge in [-0.3, -0.25) is 9.59 Å². The minimum Gasteiger partial charge on any atom is -0.488 e. The monoisotopic (exact) mass is 459 g/mol. The number of aromatic nitrogens is 1. The van der Waals surface area contributed by atoms with Gasteiger partial charge in [-0.2, -0.15) is 13.2 Å². The van der Waals surface area contributed by atoms with Crippen molar-refractivity contribution in [1.29, 1.82) is 0 Å². The van der Waals surface area contributed by atoms with E-state index < -0.39 is 18.7 Å². The summed E-state index contributed by atoms with van der Waals surface area (Å²) in [5.74, 6) is -0.846. The highest BCUT2D eigenvalue weighted by Crippen LogP contribution is 2.20. The molecule has 0 radical (unpaired) electrons. The van der Waals surface area contributed by atoms with Crippen molar-refractivity contribution in [2.24, 2.45) is 5.73 Å². The Bertz CT molecular complexity index is 1140. The van der Waals surface area contributed by atoms with Crippen LogP contribution >= 0.6 is 0 Å². The molecule has 7 nitrogen and oxygen atoms in total. The molecule has 0 saturated carbocycles. The molecule has 33 heavy (non-hydrogen) atoms. The van der Waals surface area contributed by atoms with Gasteiger partial charge in [0.05, 0.1) is 5.56 Å². The van der Waals surface area contributed by atoms with E-state index in [9.17, 15) is 22.8 Å². The molecule has 0 aliphatic carbocycles. The molecule has 0 atom stereocenters. The first kappa shape index (κ1) is 23.6. The summed E-state index contributed by atoms with van der Waals surface area (Å²) in [4.78, 5) is 27.7. The van der Waals surface area contributed by atoms with Gasteiger partial charge in [0.1, 0.15) is 12.4 Å². The maximum absolute atomic E-state index is 12.5. The number of primary amides is 1. The summed E-state index contributed by atoms with van der Waals surface area (Å²) in [7, 11) is 0. The van der Waals surface area contributed by atoms with E-state index in [-0.39, 0.29) is 30.5 Å². The van der Waals surface area contributed by atoms with E-state index in [1.54, 1.807) is 54.6 Å².